The van der Waals surface area contributed by atoms with Crippen LogP contribution in [0.3, 0.4) is 0 Å². The molecule has 1 unspecified atom stereocenters. The molecule has 0 saturated heterocycles. The summed E-state index contributed by atoms with van der Waals surface area (Å²) in [6, 6.07) is 27.5. The Labute approximate surface area is 223 Å². The number of nitriles is 1. The Morgan fingerprint density at radius 2 is 1.68 bits per heavy atom. The Morgan fingerprint density at radius 1 is 1.03 bits per heavy atom. The van der Waals surface area contributed by atoms with Gasteiger partial charge in [0.1, 0.15) is 12.2 Å². The van der Waals surface area contributed by atoms with Crippen molar-refractivity contribution in [1.82, 2.24) is 9.78 Å². The molecule has 0 fully saturated rings. The third-order valence-corrected chi connectivity index (χ3v) is 7.32. The Balaban J connectivity index is 1.60. The van der Waals surface area contributed by atoms with E-state index in [1.54, 1.807) is 46.8 Å². The van der Waals surface area contributed by atoms with Crippen LogP contribution in [0, 0.1) is 17.2 Å². The highest BCUT2D eigenvalue weighted by Crippen LogP contribution is 2.44. The van der Waals surface area contributed by atoms with Crippen LogP contribution in [0.15, 0.2) is 89.8 Å². The van der Waals surface area contributed by atoms with Crippen molar-refractivity contribution in [3.8, 4) is 23.0 Å². The van der Waals surface area contributed by atoms with Gasteiger partial charge in [0.15, 0.2) is 5.92 Å². The Kier molecular flexibility index (Phi) is 7.07. The first-order valence-electron chi connectivity index (χ1n) is 11.8. The van der Waals surface area contributed by atoms with Crippen molar-refractivity contribution in [2.45, 2.75) is 10.6 Å². The fraction of sp³-hybridized carbons (Fsp3) is 0.138. The molecule has 0 bridgehead atoms. The largest absolute Gasteiger partial charge is 0.468 e. The van der Waals surface area contributed by atoms with Gasteiger partial charge in [-0.1, -0.05) is 54.6 Å². The number of carbonyl (C=O) groups excluding carboxylic acids is 3. The molecule has 3 aromatic carbocycles. The molecule has 0 aliphatic carbocycles. The summed E-state index contributed by atoms with van der Waals surface area (Å²) in [7, 11) is 1.21. The summed E-state index contributed by atoms with van der Waals surface area (Å²) in [5.41, 5.74) is 3.53. The molecule has 0 spiro atoms. The predicted octanol–water partition coefficient (Wildman–Crippen LogP) is 4.67. The van der Waals surface area contributed by atoms with Crippen LogP contribution in [0.2, 0.25) is 0 Å². The summed E-state index contributed by atoms with van der Waals surface area (Å²) in [5, 5.41) is 14.7. The molecule has 8 nitrogen and oxygen atoms in total. The van der Waals surface area contributed by atoms with Crippen molar-refractivity contribution in [3.63, 3.8) is 0 Å². The number of fused-ring (bicyclic) bond motifs is 3. The van der Waals surface area contributed by atoms with Crippen LogP contribution in [0.4, 0.5) is 5.69 Å². The zero-order chi connectivity index (χ0) is 26.6. The van der Waals surface area contributed by atoms with Gasteiger partial charge in [-0.3, -0.25) is 19.3 Å². The topological polar surface area (TPSA) is 105 Å². The van der Waals surface area contributed by atoms with E-state index < -0.39 is 30.1 Å². The summed E-state index contributed by atoms with van der Waals surface area (Å²) in [4.78, 5) is 41.8. The second-order valence-electron chi connectivity index (χ2n) is 8.47. The van der Waals surface area contributed by atoms with E-state index in [1.165, 1.54) is 7.11 Å². The normalized spacial score (nSPS) is 12.4. The number of methoxy groups -OCH3 is 1. The van der Waals surface area contributed by atoms with Gasteiger partial charge < -0.3 is 4.74 Å². The number of para-hydroxylation sites is 2. The number of ketones is 1. The van der Waals surface area contributed by atoms with Crippen LogP contribution in [-0.2, 0) is 20.1 Å². The Hall–Kier alpha value is -4.68. The minimum absolute atomic E-state index is 0.0665. The molecule has 38 heavy (non-hydrogen) atoms. The summed E-state index contributed by atoms with van der Waals surface area (Å²) in [6.07, 6.45) is 0. The van der Waals surface area contributed by atoms with Gasteiger partial charge in [0.2, 0.25) is 5.78 Å². The number of amides is 1. The fourth-order valence-electron chi connectivity index (χ4n) is 4.37. The number of rotatable bonds is 7. The van der Waals surface area contributed by atoms with Crippen LogP contribution >= 0.6 is 11.8 Å². The van der Waals surface area contributed by atoms with E-state index in [0.29, 0.717) is 17.0 Å². The van der Waals surface area contributed by atoms with Gasteiger partial charge in [-0.15, -0.1) is 11.8 Å². The lowest BCUT2D eigenvalue weighted by Gasteiger charge is -2.23. The lowest BCUT2D eigenvalue weighted by molar-refractivity contribution is -0.140. The highest BCUT2D eigenvalue weighted by molar-refractivity contribution is 7.98. The number of anilines is 1. The van der Waals surface area contributed by atoms with E-state index in [4.69, 9.17) is 4.74 Å². The minimum Gasteiger partial charge on any atom is -0.468 e. The van der Waals surface area contributed by atoms with Crippen molar-refractivity contribution in [3.05, 3.63) is 96.2 Å². The fourth-order valence-corrected chi connectivity index (χ4v) is 5.44. The van der Waals surface area contributed by atoms with Gasteiger partial charge in [-0.25, -0.2) is 4.68 Å². The monoisotopic (exact) mass is 522 g/mol. The molecule has 5 rings (SSSR count). The summed E-state index contributed by atoms with van der Waals surface area (Å²) in [5.74, 6) is -3.46. The lowest BCUT2D eigenvalue weighted by Crippen LogP contribution is -2.42. The van der Waals surface area contributed by atoms with Crippen LogP contribution in [-0.4, -0.2) is 41.1 Å². The number of benzene rings is 3. The maximum Gasteiger partial charge on any atom is 0.325 e. The van der Waals surface area contributed by atoms with Crippen LogP contribution in [0.5, 0.6) is 0 Å². The van der Waals surface area contributed by atoms with Gasteiger partial charge in [0.05, 0.1) is 24.6 Å². The first-order chi connectivity index (χ1) is 18.5. The molecule has 1 aliphatic rings. The van der Waals surface area contributed by atoms with Gasteiger partial charge >= 0.3 is 5.97 Å². The van der Waals surface area contributed by atoms with Gasteiger partial charge in [-0.05, 0) is 30.3 Å². The Bertz CT molecular complexity index is 1560. The number of esters is 1. The average molecular weight is 523 g/mol. The zero-order valence-corrected chi connectivity index (χ0v) is 21.2. The molecule has 1 atom stereocenters. The molecule has 0 N–H and O–H groups in total. The van der Waals surface area contributed by atoms with Gasteiger partial charge in [0.25, 0.3) is 5.91 Å². The van der Waals surface area contributed by atoms with Crippen LogP contribution < -0.4 is 4.90 Å². The van der Waals surface area contributed by atoms with Crippen LogP contribution in [0.25, 0.3) is 16.9 Å². The number of ether oxygens (including phenoxy) is 1. The summed E-state index contributed by atoms with van der Waals surface area (Å²) >= 11 is 1.57. The van der Waals surface area contributed by atoms with E-state index in [0.717, 1.165) is 26.7 Å². The molecule has 1 aliphatic heterocycles. The molecule has 0 saturated carbocycles. The zero-order valence-electron chi connectivity index (χ0n) is 20.4. The molecule has 2 heterocycles. The maximum atomic E-state index is 13.9. The van der Waals surface area contributed by atoms with E-state index in [9.17, 15) is 19.6 Å². The van der Waals surface area contributed by atoms with Crippen molar-refractivity contribution in [2.24, 2.45) is 5.92 Å². The number of carbonyl (C=O) groups is 3. The standard InChI is InChI=1S/C29H22N4O4S/c1-37-25(34)17-32(19-10-4-2-5-11-19)29(36)22(16-30)28(35)26-23-18-38-24-15-9-8-14-21(24)27(23)33(31-26)20-12-6-3-7-13-20/h2-15,22H,17-18H2,1H3. The van der Waals surface area contributed by atoms with Crippen molar-refractivity contribution in [2.75, 3.05) is 18.6 Å². The second-order valence-corrected chi connectivity index (χ2v) is 9.49. The third-order valence-electron chi connectivity index (χ3n) is 6.22. The minimum atomic E-state index is -1.70. The van der Waals surface area contributed by atoms with Gasteiger partial charge in [0, 0.05) is 27.5 Å². The smallest absolute Gasteiger partial charge is 0.325 e. The third kappa shape index (κ3) is 4.58. The highest BCUT2D eigenvalue weighted by atomic mass is 32.2. The van der Waals surface area contributed by atoms with E-state index >= 15 is 0 Å². The lowest BCUT2D eigenvalue weighted by atomic mass is 9.96. The molecule has 9 heteroatoms. The van der Waals surface area contributed by atoms with E-state index in [1.807, 2.05) is 60.7 Å². The number of hydrogen-bond donors (Lipinski definition) is 0. The number of aromatic nitrogens is 2. The number of nitrogens with zero attached hydrogens (tertiary/aromatic N) is 4. The van der Waals surface area contributed by atoms with Crippen molar-refractivity contribution >= 4 is 35.1 Å². The quantitative estimate of drug-likeness (QED) is 0.197. The Morgan fingerprint density at radius 3 is 2.37 bits per heavy atom. The average Bonchev–Trinajstić information content (AvgIpc) is 3.37. The number of thioether (sulfide) groups is 1. The number of hydrogen-bond acceptors (Lipinski definition) is 7. The maximum absolute atomic E-state index is 13.9. The highest BCUT2D eigenvalue weighted by Gasteiger charge is 2.38. The first-order valence-corrected chi connectivity index (χ1v) is 12.8. The van der Waals surface area contributed by atoms with Gasteiger partial charge in [-0.2, -0.15) is 10.4 Å². The number of Topliss-reactive ketones (excluding diaryl/α,β-unsaturated/α-hetero) is 1. The molecular weight excluding hydrogens is 500 g/mol. The SMILES string of the molecule is COC(=O)CN(C(=O)C(C#N)C(=O)c1nn(-c2ccccc2)c2c1CSc1ccccc1-2)c1ccccc1. The van der Waals surface area contributed by atoms with E-state index in [2.05, 4.69) is 5.10 Å². The summed E-state index contributed by atoms with van der Waals surface area (Å²) in [6.45, 7) is -0.440. The van der Waals surface area contributed by atoms with Crippen LogP contribution in [0.1, 0.15) is 16.1 Å². The molecule has 4 aromatic rings. The molecular formula is C29H22N4O4S. The summed E-state index contributed by atoms with van der Waals surface area (Å²) < 4.78 is 6.45. The molecule has 188 valence electrons. The van der Waals surface area contributed by atoms with Crippen molar-refractivity contribution in [1.29, 1.82) is 5.26 Å². The molecule has 1 aromatic heterocycles. The first kappa shape index (κ1) is 25.0. The molecule has 1 amide bonds. The predicted molar refractivity (Wildman–Crippen MR) is 143 cm³/mol. The second kappa shape index (κ2) is 10.7. The molecule has 0 radical (unpaired) electrons. The van der Waals surface area contributed by atoms with Crippen molar-refractivity contribution < 1.29 is 19.1 Å². The van der Waals surface area contributed by atoms with E-state index in [-0.39, 0.29) is 5.69 Å².